The molecular formula is C10H20O. The van der Waals surface area contributed by atoms with Crippen molar-refractivity contribution in [3.05, 3.63) is 0 Å². The van der Waals surface area contributed by atoms with E-state index in [-0.39, 0.29) is 5.41 Å². The van der Waals surface area contributed by atoms with Crippen molar-refractivity contribution in [2.45, 2.75) is 40.0 Å². The van der Waals surface area contributed by atoms with Crippen molar-refractivity contribution in [1.29, 1.82) is 0 Å². The first-order valence-electron chi connectivity index (χ1n) is 4.69. The van der Waals surface area contributed by atoms with Gasteiger partial charge >= 0.3 is 0 Å². The number of rotatable bonds is 1. The summed E-state index contributed by atoms with van der Waals surface area (Å²) in [6, 6.07) is 0. The molecule has 0 bridgehead atoms. The highest BCUT2D eigenvalue weighted by atomic mass is 16.3. The highest BCUT2D eigenvalue weighted by Crippen LogP contribution is 2.42. The van der Waals surface area contributed by atoms with E-state index in [0.29, 0.717) is 12.5 Å². The predicted molar refractivity (Wildman–Crippen MR) is 47.4 cm³/mol. The molecule has 1 saturated carbocycles. The molecule has 0 aliphatic heterocycles. The number of hydrogen-bond donors (Lipinski definition) is 1. The minimum absolute atomic E-state index is 0.215. The normalized spacial score (nSPS) is 45.8. The topological polar surface area (TPSA) is 20.2 Å². The van der Waals surface area contributed by atoms with E-state index in [0.717, 1.165) is 5.92 Å². The van der Waals surface area contributed by atoms with E-state index in [1.54, 1.807) is 0 Å². The van der Waals surface area contributed by atoms with E-state index in [1.807, 2.05) is 0 Å². The van der Waals surface area contributed by atoms with Crippen molar-refractivity contribution < 1.29 is 5.11 Å². The van der Waals surface area contributed by atoms with Crippen LogP contribution in [0.15, 0.2) is 0 Å². The third-order valence-corrected chi connectivity index (χ3v) is 3.52. The van der Waals surface area contributed by atoms with Gasteiger partial charge in [-0.2, -0.15) is 0 Å². The molecule has 0 aromatic rings. The Morgan fingerprint density at radius 1 is 1.45 bits per heavy atom. The van der Waals surface area contributed by atoms with Gasteiger partial charge in [-0.1, -0.05) is 27.2 Å². The minimum Gasteiger partial charge on any atom is -0.396 e. The van der Waals surface area contributed by atoms with Gasteiger partial charge < -0.3 is 5.11 Å². The summed E-state index contributed by atoms with van der Waals surface area (Å²) in [6.45, 7) is 7.16. The zero-order valence-corrected chi connectivity index (χ0v) is 7.93. The van der Waals surface area contributed by atoms with Gasteiger partial charge in [-0.25, -0.2) is 0 Å². The number of hydrogen-bond acceptors (Lipinski definition) is 1. The summed E-state index contributed by atoms with van der Waals surface area (Å²) in [4.78, 5) is 0. The molecule has 0 spiro atoms. The average Bonchev–Trinajstić information content (AvgIpc) is 1.98. The molecule has 1 aliphatic carbocycles. The van der Waals surface area contributed by atoms with Gasteiger partial charge in [-0.05, 0) is 30.1 Å². The molecule has 0 radical (unpaired) electrons. The van der Waals surface area contributed by atoms with Crippen molar-refractivity contribution in [2.24, 2.45) is 17.3 Å². The lowest BCUT2D eigenvalue weighted by molar-refractivity contribution is 0.0323. The SMILES string of the molecule is C[C@@H]1CC[C@](C)(CO)[C@@H](C)C1. The summed E-state index contributed by atoms with van der Waals surface area (Å²) in [5.74, 6) is 1.56. The maximum absolute atomic E-state index is 9.21. The van der Waals surface area contributed by atoms with Crippen molar-refractivity contribution in [3.8, 4) is 0 Å². The highest BCUT2D eigenvalue weighted by Gasteiger charge is 2.35. The first-order chi connectivity index (χ1) is 5.08. The molecule has 1 aliphatic rings. The van der Waals surface area contributed by atoms with Crippen molar-refractivity contribution in [2.75, 3.05) is 6.61 Å². The van der Waals surface area contributed by atoms with E-state index in [2.05, 4.69) is 20.8 Å². The second-order valence-corrected chi connectivity index (χ2v) is 4.59. The van der Waals surface area contributed by atoms with Gasteiger partial charge in [0.05, 0.1) is 0 Å². The summed E-state index contributed by atoms with van der Waals surface area (Å²) in [7, 11) is 0. The fourth-order valence-electron chi connectivity index (χ4n) is 2.06. The lowest BCUT2D eigenvalue weighted by Gasteiger charge is -2.40. The second-order valence-electron chi connectivity index (χ2n) is 4.59. The molecule has 0 aromatic carbocycles. The van der Waals surface area contributed by atoms with Gasteiger partial charge in [-0.15, -0.1) is 0 Å². The van der Waals surface area contributed by atoms with Gasteiger partial charge in [0.2, 0.25) is 0 Å². The predicted octanol–water partition coefficient (Wildman–Crippen LogP) is 2.44. The molecule has 1 heteroatoms. The quantitative estimate of drug-likeness (QED) is 0.618. The van der Waals surface area contributed by atoms with Gasteiger partial charge in [0.25, 0.3) is 0 Å². The molecule has 1 rings (SSSR count). The maximum atomic E-state index is 9.21. The second kappa shape index (κ2) is 3.14. The Bertz CT molecular complexity index is 133. The summed E-state index contributed by atoms with van der Waals surface area (Å²) in [6.07, 6.45) is 3.78. The Morgan fingerprint density at radius 3 is 2.55 bits per heavy atom. The largest absolute Gasteiger partial charge is 0.396 e. The van der Waals surface area contributed by atoms with E-state index in [9.17, 15) is 5.11 Å². The van der Waals surface area contributed by atoms with Crippen LogP contribution in [0.1, 0.15) is 40.0 Å². The molecule has 0 unspecified atom stereocenters. The van der Waals surface area contributed by atoms with Crippen molar-refractivity contribution >= 4 is 0 Å². The molecule has 3 atom stereocenters. The van der Waals surface area contributed by atoms with Crippen LogP contribution in [-0.2, 0) is 0 Å². The lowest BCUT2D eigenvalue weighted by Crippen LogP contribution is -2.34. The van der Waals surface area contributed by atoms with Crippen LogP contribution in [-0.4, -0.2) is 11.7 Å². The highest BCUT2D eigenvalue weighted by molar-refractivity contribution is 4.85. The van der Waals surface area contributed by atoms with Crippen molar-refractivity contribution in [3.63, 3.8) is 0 Å². The third-order valence-electron chi connectivity index (χ3n) is 3.52. The smallest absolute Gasteiger partial charge is 0.0487 e. The van der Waals surface area contributed by atoms with Gasteiger partial charge in [0.15, 0.2) is 0 Å². The van der Waals surface area contributed by atoms with Gasteiger partial charge in [0, 0.05) is 6.61 Å². The van der Waals surface area contributed by atoms with Gasteiger partial charge in [0.1, 0.15) is 0 Å². The maximum Gasteiger partial charge on any atom is 0.0487 e. The first kappa shape index (κ1) is 9.05. The van der Waals surface area contributed by atoms with Crippen LogP contribution in [0.2, 0.25) is 0 Å². The van der Waals surface area contributed by atoms with E-state index in [1.165, 1.54) is 19.3 Å². The Hall–Kier alpha value is -0.0400. The zero-order valence-electron chi connectivity index (χ0n) is 7.93. The molecule has 66 valence electrons. The van der Waals surface area contributed by atoms with Crippen LogP contribution >= 0.6 is 0 Å². The van der Waals surface area contributed by atoms with Crippen LogP contribution in [0.5, 0.6) is 0 Å². The summed E-state index contributed by atoms with van der Waals surface area (Å²) < 4.78 is 0. The van der Waals surface area contributed by atoms with E-state index in [4.69, 9.17) is 0 Å². The number of aliphatic hydroxyl groups excluding tert-OH is 1. The fraction of sp³-hybridized carbons (Fsp3) is 1.00. The van der Waals surface area contributed by atoms with Crippen LogP contribution in [0.3, 0.4) is 0 Å². The minimum atomic E-state index is 0.215. The fourth-order valence-corrected chi connectivity index (χ4v) is 2.06. The van der Waals surface area contributed by atoms with Crippen LogP contribution in [0, 0.1) is 17.3 Å². The van der Waals surface area contributed by atoms with E-state index >= 15 is 0 Å². The molecular weight excluding hydrogens is 136 g/mol. The molecule has 1 fully saturated rings. The summed E-state index contributed by atoms with van der Waals surface area (Å²) >= 11 is 0. The molecule has 1 nitrogen and oxygen atoms in total. The molecule has 11 heavy (non-hydrogen) atoms. The van der Waals surface area contributed by atoms with Gasteiger partial charge in [-0.3, -0.25) is 0 Å². The Balaban J connectivity index is 2.56. The first-order valence-corrected chi connectivity index (χ1v) is 4.69. The van der Waals surface area contributed by atoms with Crippen LogP contribution in [0.25, 0.3) is 0 Å². The zero-order chi connectivity index (χ0) is 8.48. The summed E-state index contributed by atoms with van der Waals surface area (Å²) in [5.41, 5.74) is 0.215. The third kappa shape index (κ3) is 1.76. The standard InChI is InChI=1S/C10H20O/c1-8-4-5-10(3,7-11)9(2)6-8/h8-9,11H,4-7H2,1-3H3/t8-,9+,10-/m1/s1. The van der Waals surface area contributed by atoms with Crippen molar-refractivity contribution in [1.82, 2.24) is 0 Å². The Kier molecular flexibility index (Phi) is 2.58. The van der Waals surface area contributed by atoms with E-state index < -0.39 is 0 Å². The molecule has 0 heterocycles. The number of aliphatic hydroxyl groups is 1. The molecule has 0 amide bonds. The molecule has 0 aromatic heterocycles. The van der Waals surface area contributed by atoms with Crippen LogP contribution < -0.4 is 0 Å². The lowest BCUT2D eigenvalue weighted by atomic mass is 9.66. The molecule has 1 N–H and O–H groups in total. The Labute approximate surface area is 69.8 Å². The molecule has 0 saturated heterocycles. The van der Waals surface area contributed by atoms with Crippen LogP contribution in [0.4, 0.5) is 0 Å². The monoisotopic (exact) mass is 156 g/mol. The Morgan fingerprint density at radius 2 is 2.09 bits per heavy atom. The summed E-state index contributed by atoms with van der Waals surface area (Å²) in [5, 5.41) is 9.21. The average molecular weight is 156 g/mol.